The van der Waals surface area contributed by atoms with Gasteiger partial charge in [0.2, 0.25) is 5.91 Å². The summed E-state index contributed by atoms with van der Waals surface area (Å²) in [7, 11) is 0. The second kappa shape index (κ2) is 7.14. The fraction of sp³-hybridized carbons (Fsp3) is 0.222. The van der Waals surface area contributed by atoms with Gasteiger partial charge >= 0.3 is 6.03 Å². The van der Waals surface area contributed by atoms with Gasteiger partial charge in [-0.1, -0.05) is 29.3 Å². The maximum absolute atomic E-state index is 13.6. The molecular weight excluding hydrogens is 394 g/mol. The molecule has 3 rings (SSSR count). The number of imide groups is 1. The Balaban J connectivity index is 2.14. The first kappa shape index (κ1) is 19.1. The summed E-state index contributed by atoms with van der Waals surface area (Å²) < 4.78 is 13.6. The Morgan fingerprint density at radius 2 is 2.04 bits per heavy atom. The Hall–Kier alpha value is -2.69. The van der Waals surface area contributed by atoms with Gasteiger partial charge in [0.1, 0.15) is 12.4 Å². The number of nitrogens with zero attached hydrogens (tertiary/aromatic N) is 4. The molecule has 0 saturated carbocycles. The van der Waals surface area contributed by atoms with E-state index in [1.54, 1.807) is 6.92 Å². The van der Waals surface area contributed by atoms with Crippen molar-refractivity contribution in [2.75, 3.05) is 18.0 Å². The first-order chi connectivity index (χ1) is 12.8. The number of hydrogen-bond donors (Lipinski definition) is 0. The number of carbonyl (C=O) groups excluding carboxylic acids is 2. The fourth-order valence-electron chi connectivity index (χ4n) is 3.01. The molecule has 0 spiro atoms. The number of amides is 3. The SMILES string of the molecule is CC1(c2ccc(F)c(Cl)c2)CN(CC#N)C(=O)N(c2cncc(Cl)c2)C1=O. The van der Waals surface area contributed by atoms with Crippen molar-refractivity contribution in [2.24, 2.45) is 0 Å². The number of rotatable bonds is 3. The number of carbonyl (C=O) groups is 2. The standard InChI is InChI=1S/C18H13Cl2FN4O2/c1-18(11-2-3-15(21)14(20)6-11)10-24(5-4-22)17(27)25(16(18)26)13-7-12(19)8-23-9-13/h2-3,6-9H,5,10H2,1H3. The van der Waals surface area contributed by atoms with Gasteiger partial charge < -0.3 is 4.90 Å². The van der Waals surface area contributed by atoms with Gasteiger partial charge in [-0.25, -0.2) is 14.1 Å². The van der Waals surface area contributed by atoms with E-state index in [1.165, 1.54) is 35.5 Å². The molecule has 1 fully saturated rings. The van der Waals surface area contributed by atoms with E-state index in [-0.39, 0.29) is 28.8 Å². The van der Waals surface area contributed by atoms with Gasteiger partial charge in [0.25, 0.3) is 0 Å². The van der Waals surface area contributed by atoms with E-state index in [1.807, 2.05) is 6.07 Å². The number of nitriles is 1. The van der Waals surface area contributed by atoms with Crippen molar-refractivity contribution >= 4 is 40.8 Å². The highest BCUT2D eigenvalue weighted by atomic mass is 35.5. The van der Waals surface area contributed by atoms with Crippen LogP contribution >= 0.6 is 23.2 Å². The van der Waals surface area contributed by atoms with Crippen molar-refractivity contribution in [1.82, 2.24) is 9.88 Å². The monoisotopic (exact) mass is 406 g/mol. The zero-order chi connectivity index (χ0) is 19.8. The van der Waals surface area contributed by atoms with Crippen molar-refractivity contribution < 1.29 is 14.0 Å². The first-order valence-electron chi connectivity index (χ1n) is 7.84. The van der Waals surface area contributed by atoms with Crippen LogP contribution in [0.5, 0.6) is 0 Å². The summed E-state index contributed by atoms with van der Waals surface area (Å²) in [6.45, 7) is 1.34. The van der Waals surface area contributed by atoms with E-state index in [2.05, 4.69) is 4.98 Å². The minimum atomic E-state index is -1.25. The minimum Gasteiger partial charge on any atom is -0.309 e. The molecule has 3 amide bonds. The number of halogens is 3. The Morgan fingerprint density at radius 1 is 1.30 bits per heavy atom. The molecule has 27 heavy (non-hydrogen) atoms. The van der Waals surface area contributed by atoms with E-state index < -0.39 is 23.2 Å². The third-order valence-electron chi connectivity index (χ3n) is 4.41. The fourth-order valence-corrected chi connectivity index (χ4v) is 3.35. The highest BCUT2D eigenvalue weighted by Crippen LogP contribution is 2.36. The molecule has 1 saturated heterocycles. The van der Waals surface area contributed by atoms with Crippen molar-refractivity contribution in [2.45, 2.75) is 12.3 Å². The molecule has 0 aliphatic carbocycles. The van der Waals surface area contributed by atoms with Gasteiger partial charge in [0, 0.05) is 12.7 Å². The van der Waals surface area contributed by atoms with Crippen molar-refractivity contribution in [3.63, 3.8) is 0 Å². The number of urea groups is 1. The summed E-state index contributed by atoms with van der Waals surface area (Å²) in [6.07, 6.45) is 2.70. The molecule has 2 aromatic rings. The van der Waals surface area contributed by atoms with Crippen LogP contribution in [-0.2, 0) is 10.2 Å². The normalized spacial score (nSPS) is 20.0. The smallest absolute Gasteiger partial charge is 0.309 e. The molecule has 0 radical (unpaired) electrons. The average molecular weight is 407 g/mol. The zero-order valence-electron chi connectivity index (χ0n) is 14.1. The predicted molar refractivity (Wildman–Crippen MR) is 98.1 cm³/mol. The van der Waals surface area contributed by atoms with Crippen LogP contribution in [0.15, 0.2) is 36.7 Å². The van der Waals surface area contributed by atoms with Crippen LogP contribution in [-0.4, -0.2) is 34.9 Å². The summed E-state index contributed by atoms with van der Waals surface area (Å²) in [5, 5.41) is 9.18. The third kappa shape index (κ3) is 3.34. The summed E-state index contributed by atoms with van der Waals surface area (Å²) in [5.74, 6) is -1.17. The highest BCUT2D eigenvalue weighted by Gasteiger charge is 2.49. The van der Waals surface area contributed by atoms with Gasteiger partial charge in [0.15, 0.2) is 0 Å². The lowest BCUT2D eigenvalue weighted by Gasteiger charge is -2.43. The lowest BCUT2D eigenvalue weighted by molar-refractivity contribution is -0.124. The summed E-state index contributed by atoms with van der Waals surface area (Å²) in [5.41, 5.74) is -0.640. The molecule has 138 valence electrons. The molecule has 0 N–H and O–H groups in total. The summed E-state index contributed by atoms with van der Waals surface area (Å²) in [6, 6.07) is 6.64. The number of hydrogen-bond acceptors (Lipinski definition) is 4. The molecule has 1 aromatic carbocycles. The number of anilines is 1. The van der Waals surface area contributed by atoms with E-state index in [9.17, 15) is 14.0 Å². The Kier molecular flexibility index (Phi) is 5.05. The van der Waals surface area contributed by atoms with Crippen molar-refractivity contribution in [1.29, 1.82) is 5.26 Å². The van der Waals surface area contributed by atoms with Crippen LogP contribution in [0.4, 0.5) is 14.9 Å². The van der Waals surface area contributed by atoms with Crippen LogP contribution in [0.2, 0.25) is 10.0 Å². The molecule has 1 aliphatic heterocycles. The van der Waals surface area contributed by atoms with E-state index in [0.717, 1.165) is 11.0 Å². The second-order valence-corrected chi connectivity index (χ2v) is 7.10. The molecular formula is C18H13Cl2FN4O2. The quantitative estimate of drug-likeness (QED) is 0.726. The zero-order valence-corrected chi connectivity index (χ0v) is 15.6. The summed E-state index contributed by atoms with van der Waals surface area (Å²) in [4.78, 5) is 32.2. The lowest BCUT2D eigenvalue weighted by atomic mass is 9.79. The predicted octanol–water partition coefficient (Wildman–Crippen LogP) is 3.78. The number of aromatic nitrogens is 1. The average Bonchev–Trinajstić information content (AvgIpc) is 2.62. The molecule has 6 nitrogen and oxygen atoms in total. The van der Waals surface area contributed by atoms with Crippen LogP contribution in [0.3, 0.4) is 0 Å². The largest absolute Gasteiger partial charge is 0.332 e. The molecule has 0 bridgehead atoms. The molecule has 1 aromatic heterocycles. The Morgan fingerprint density at radius 3 is 2.67 bits per heavy atom. The molecule has 1 atom stereocenters. The van der Waals surface area contributed by atoms with E-state index in [0.29, 0.717) is 5.56 Å². The van der Waals surface area contributed by atoms with Crippen molar-refractivity contribution in [3.8, 4) is 6.07 Å². The van der Waals surface area contributed by atoms with Crippen molar-refractivity contribution in [3.05, 3.63) is 58.1 Å². The van der Waals surface area contributed by atoms with Gasteiger partial charge in [-0.15, -0.1) is 0 Å². The van der Waals surface area contributed by atoms with E-state index >= 15 is 0 Å². The Labute approximate surface area is 164 Å². The maximum atomic E-state index is 13.6. The maximum Gasteiger partial charge on any atom is 0.332 e. The number of benzene rings is 1. The second-order valence-electron chi connectivity index (χ2n) is 6.26. The third-order valence-corrected chi connectivity index (χ3v) is 4.91. The molecule has 2 heterocycles. The Bertz CT molecular complexity index is 978. The first-order valence-corrected chi connectivity index (χ1v) is 8.60. The minimum absolute atomic E-state index is 0.0509. The topological polar surface area (TPSA) is 77.3 Å². The van der Waals surface area contributed by atoms with Gasteiger partial charge in [0.05, 0.1) is 33.4 Å². The van der Waals surface area contributed by atoms with Crippen LogP contribution in [0.1, 0.15) is 12.5 Å². The molecule has 1 aliphatic rings. The highest BCUT2D eigenvalue weighted by molar-refractivity contribution is 6.31. The summed E-state index contributed by atoms with van der Waals surface area (Å²) >= 11 is 11.8. The van der Waals surface area contributed by atoms with Crippen LogP contribution < -0.4 is 4.90 Å². The van der Waals surface area contributed by atoms with Gasteiger partial charge in [-0.05, 0) is 30.7 Å². The van der Waals surface area contributed by atoms with E-state index in [4.69, 9.17) is 28.5 Å². The lowest BCUT2D eigenvalue weighted by Crippen LogP contribution is -2.63. The van der Waals surface area contributed by atoms with Crippen LogP contribution in [0.25, 0.3) is 0 Å². The number of pyridine rings is 1. The molecule has 1 unspecified atom stereocenters. The molecule has 9 heteroatoms. The van der Waals surface area contributed by atoms with Crippen LogP contribution in [0, 0.1) is 17.1 Å². The van der Waals surface area contributed by atoms with Gasteiger partial charge in [-0.2, -0.15) is 5.26 Å². The van der Waals surface area contributed by atoms with Gasteiger partial charge in [-0.3, -0.25) is 9.78 Å².